The highest BCUT2D eigenvalue weighted by Crippen LogP contribution is 2.57. The average molecular weight is 403 g/mol. The Morgan fingerprint density at radius 3 is 2.65 bits per heavy atom. The Balaban J connectivity index is 2.46. The Morgan fingerprint density at radius 2 is 2.13 bits per heavy atom. The molecule has 1 atom stereocenters. The van der Waals surface area contributed by atoms with Gasteiger partial charge >= 0.3 is 12.7 Å². The van der Waals surface area contributed by atoms with Crippen molar-refractivity contribution in [3.8, 4) is 0 Å². The van der Waals surface area contributed by atoms with Crippen LogP contribution in [0.2, 0.25) is 0 Å². The molecule has 0 bridgehead atoms. The lowest BCUT2D eigenvalue weighted by Crippen LogP contribution is -2.40. The molecule has 0 spiro atoms. The van der Waals surface area contributed by atoms with Crippen LogP contribution in [0.5, 0.6) is 0 Å². The van der Waals surface area contributed by atoms with Gasteiger partial charge in [-0.25, -0.2) is 4.79 Å². The molecule has 1 aliphatic rings. The van der Waals surface area contributed by atoms with Gasteiger partial charge in [0.1, 0.15) is 5.04 Å². The Morgan fingerprint density at radius 1 is 1.57 bits per heavy atom. The summed E-state index contributed by atoms with van der Waals surface area (Å²) >= 11 is 5.12. The minimum absolute atomic E-state index is 0.125. The molecule has 1 unspecified atom stereocenters. The second-order valence-corrected chi connectivity index (χ2v) is 11.7. The fraction of sp³-hybridized carbons (Fsp3) is 0.818. The van der Waals surface area contributed by atoms with E-state index >= 15 is 0 Å². The van der Waals surface area contributed by atoms with Crippen LogP contribution in [0.4, 0.5) is 4.79 Å². The summed E-state index contributed by atoms with van der Waals surface area (Å²) in [5.41, 5.74) is -0.125. The number of rotatable bonds is 5. The third-order valence-electron chi connectivity index (χ3n) is 2.77. The second kappa shape index (κ2) is 9.00. The van der Waals surface area contributed by atoms with Gasteiger partial charge in [-0.15, -0.1) is 11.8 Å². The minimum atomic E-state index is -2.79. The molecule has 1 amide bonds. The average Bonchev–Trinajstić information content (AvgIpc) is 2.52. The number of thioether (sulfide) groups is 1. The van der Waals surface area contributed by atoms with Crippen LogP contribution in [0.15, 0.2) is 5.16 Å². The molecule has 1 fully saturated rings. The number of nitrogens with one attached hydrogen (secondary N) is 1. The highest BCUT2D eigenvalue weighted by molar-refractivity contribution is 8.13. The van der Waals surface area contributed by atoms with Crippen molar-refractivity contribution in [1.29, 1.82) is 0 Å². The van der Waals surface area contributed by atoms with Crippen LogP contribution >= 0.6 is 18.4 Å². The maximum Gasteiger partial charge on any atom is 0.437 e. The molecule has 23 heavy (non-hydrogen) atoms. The third kappa shape index (κ3) is 6.87. The summed E-state index contributed by atoms with van der Waals surface area (Å²) in [6, 6.07) is 0. The van der Waals surface area contributed by atoms with Crippen LogP contribution in [0.25, 0.3) is 0 Å². The summed E-state index contributed by atoms with van der Waals surface area (Å²) < 4.78 is 24.9. The molecule has 1 N–H and O–H groups in total. The van der Waals surface area contributed by atoms with E-state index in [1.807, 2.05) is 20.1 Å². The van der Waals surface area contributed by atoms with Gasteiger partial charge in [0.2, 0.25) is 5.88 Å². The fourth-order valence-electron chi connectivity index (χ4n) is 1.26. The van der Waals surface area contributed by atoms with Gasteiger partial charge < -0.3 is 13.6 Å². The van der Waals surface area contributed by atoms with Crippen LogP contribution in [-0.4, -0.2) is 52.2 Å². The van der Waals surface area contributed by atoms with Crippen molar-refractivity contribution in [1.82, 2.24) is 9.39 Å². The van der Waals surface area contributed by atoms with Crippen LogP contribution in [-0.2, 0) is 37.1 Å². The van der Waals surface area contributed by atoms with Crippen molar-refractivity contribution in [2.75, 3.05) is 32.4 Å². The number of nitrogens with zero attached hydrogens (tertiary/aromatic N) is 2. The van der Waals surface area contributed by atoms with Gasteiger partial charge in [0.25, 0.3) is 0 Å². The van der Waals surface area contributed by atoms with Gasteiger partial charge in [-0.3, -0.25) is 10.2 Å². The third-order valence-corrected chi connectivity index (χ3v) is 8.88. The molecule has 0 aromatic heterocycles. The van der Waals surface area contributed by atoms with E-state index in [1.165, 1.54) is 15.8 Å². The van der Waals surface area contributed by atoms with Gasteiger partial charge in [-0.05, 0) is 29.1 Å². The number of oxime groups is 1. The van der Waals surface area contributed by atoms with Crippen molar-refractivity contribution >= 4 is 52.7 Å². The number of carbonyl (C=O) groups excluding carboxylic acids is 1. The smallest absolute Gasteiger partial charge is 0.437 e. The Bertz CT molecular complexity index is 491. The molecule has 0 aliphatic carbocycles. The summed E-state index contributed by atoms with van der Waals surface area (Å²) in [6.07, 6.45) is 1.02. The van der Waals surface area contributed by atoms with E-state index in [4.69, 9.17) is 20.9 Å². The monoisotopic (exact) mass is 403 g/mol. The first-order valence-corrected chi connectivity index (χ1v) is 11.7. The van der Waals surface area contributed by atoms with Crippen LogP contribution in [0.3, 0.4) is 0 Å². The maximum atomic E-state index is 12.2. The van der Waals surface area contributed by atoms with Gasteiger partial charge in [0, 0.05) is 12.5 Å². The largest absolute Gasteiger partial charge is 0.596 e. The van der Waals surface area contributed by atoms with E-state index in [-0.39, 0.29) is 11.3 Å². The van der Waals surface area contributed by atoms with E-state index in [0.717, 1.165) is 0 Å². The summed E-state index contributed by atoms with van der Waals surface area (Å²) in [6.45, 7) is 3.77. The fourth-order valence-corrected chi connectivity index (χ4v) is 5.55. The molecule has 0 saturated carbocycles. The predicted octanol–water partition coefficient (Wildman–Crippen LogP) is 2.26. The standard InChI is InChI=1S/C11H22N3O5PS3/c1-9(22-5)13-19-10(15)12-8-23(16)14(4)20(21)17-6-11(2,3)7-18-20/h6-8H2,1-5H3,(H,12,15)/b13-9+. The van der Waals surface area contributed by atoms with Crippen molar-refractivity contribution in [2.24, 2.45) is 10.6 Å². The molecule has 1 aliphatic heterocycles. The molecule has 12 heteroatoms. The molecule has 0 radical (unpaired) electrons. The normalized spacial score (nSPS) is 21.8. The molecule has 0 aromatic rings. The first-order chi connectivity index (χ1) is 10.6. The van der Waals surface area contributed by atoms with E-state index in [1.54, 1.807) is 14.0 Å². The van der Waals surface area contributed by atoms with Crippen molar-refractivity contribution < 1.29 is 23.2 Å². The summed E-state index contributed by atoms with van der Waals surface area (Å²) in [5, 5.41) is 6.53. The van der Waals surface area contributed by atoms with Crippen molar-refractivity contribution in [2.45, 2.75) is 20.8 Å². The lowest BCUT2D eigenvalue weighted by atomic mass is 9.97. The van der Waals surface area contributed by atoms with E-state index in [9.17, 15) is 9.35 Å². The zero-order chi connectivity index (χ0) is 17.7. The Labute approximate surface area is 149 Å². The number of amides is 1. The lowest BCUT2D eigenvalue weighted by Gasteiger charge is -2.39. The van der Waals surface area contributed by atoms with Gasteiger partial charge in [-0.1, -0.05) is 19.0 Å². The second-order valence-electron chi connectivity index (χ2n) is 5.48. The Hall–Kier alpha value is 0.130. The van der Waals surface area contributed by atoms with Gasteiger partial charge in [0.15, 0.2) is 0 Å². The molecule has 134 valence electrons. The van der Waals surface area contributed by atoms with E-state index < -0.39 is 24.1 Å². The molecule has 8 nitrogen and oxygen atoms in total. The highest BCUT2D eigenvalue weighted by atomic mass is 32.5. The van der Waals surface area contributed by atoms with Crippen molar-refractivity contribution in [3.05, 3.63) is 0 Å². The topological polar surface area (TPSA) is 95.5 Å². The first-order valence-electron chi connectivity index (χ1n) is 6.65. The Kier molecular flexibility index (Phi) is 8.29. The SMILES string of the molecule is CS/C(C)=N/OC(=O)NC[S+]([O-])N(C)P1(=S)OCC(C)(C)CO1. The van der Waals surface area contributed by atoms with E-state index in [0.29, 0.717) is 18.3 Å². The molecular formula is C11H22N3O5PS3. The van der Waals surface area contributed by atoms with Crippen LogP contribution in [0.1, 0.15) is 20.8 Å². The van der Waals surface area contributed by atoms with Crippen LogP contribution < -0.4 is 5.32 Å². The van der Waals surface area contributed by atoms with Gasteiger partial charge in [-0.2, -0.15) is 0 Å². The molecule has 1 saturated heterocycles. The lowest BCUT2D eigenvalue weighted by molar-refractivity contribution is 0.0513. The molecular weight excluding hydrogens is 381 g/mol. The molecule has 1 heterocycles. The zero-order valence-corrected chi connectivity index (χ0v) is 17.1. The molecule has 1 rings (SSSR count). The van der Waals surface area contributed by atoms with Crippen LogP contribution in [0, 0.1) is 5.41 Å². The number of hydrogen-bond donors (Lipinski definition) is 1. The minimum Gasteiger partial charge on any atom is -0.596 e. The summed E-state index contributed by atoms with van der Waals surface area (Å²) in [7, 11) is 1.55. The first kappa shape index (κ1) is 21.2. The number of hydrogen-bond acceptors (Lipinski definition) is 8. The highest BCUT2D eigenvalue weighted by Gasteiger charge is 2.41. The maximum absolute atomic E-state index is 12.2. The van der Waals surface area contributed by atoms with Crippen molar-refractivity contribution in [3.63, 3.8) is 0 Å². The molecule has 0 aromatic carbocycles. The summed E-state index contributed by atoms with van der Waals surface area (Å²) in [5.74, 6) is -0.169. The van der Waals surface area contributed by atoms with E-state index in [2.05, 4.69) is 15.3 Å². The summed E-state index contributed by atoms with van der Waals surface area (Å²) in [4.78, 5) is 16.1. The van der Waals surface area contributed by atoms with Gasteiger partial charge in [0.05, 0.1) is 24.6 Å². The number of carbonyl (C=O) groups is 1. The zero-order valence-electron chi connectivity index (χ0n) is 13.7. The quantitative estimate of drug-likeness (QED) is 0.187. The predicted molar refractivity (Wildman–Crippen MR) is 97.0 cm³/mol.